The fraction of sp³-hybridized carbons (Fsp3) is 0.333. The van der Waals surface area contributed by atoms with Gasteiger partial charge in [-0.2, -0.15) is 0 Å². The maximum atomic E-state index is 13.0. The molecule has 1 aromatic heterocycles. The van der Waals surface area contributed by atoms with Crippen LogP contribution < -0.4 is 4.74 Å². The molecule has 0 N–H and O–H groups in total. The average molecular weight is 468 g/mol. The number of rotatable bonds is 8. The zero-order valence-electron chi connectivity index (χ0n) is 20.8. The molecule has 35 heavy (non-hydrogen) atoms. The highest BCUT2D eigenvalue weighted by atomic mass is 16.5. The number of carbonyl (C=O) groups is 1. The predicted octanol–water partition coefficient (Wildman–Crippen LogP) is 6.20. The van der Waals surface area contributed by atoms with E-state index in [1.54, 1.807) is 0 Å². The number of benzene rings is 3. The zero-order chi connectivity index (χ0) is 24.4. The van der Waals surface area contributed by atoms with Crippen molar-refractivity contribution in [2.75, 3.05) is 13.2 Å². The van der Waals surface area contributed by atoms with Gasteiger partial charge in [-0.05, 0) is 62.1 Å². The first-order valence-corrected chi connectivity index (χ1v) is 12.5. The van der Waals surface area contributed by atoms with E-state index in [9.17, 15) is 4.79 Å². The van der Waals surface area contributed by atoms with Crippen LogP contribution in [-0.2, 0) is 11.3 Å². The van der Waals surface area contributed by atoms with Gasteiger partial charge in [-0.3, -0.25) is 4.79 Å². The maximum Gasteiger partial charge on any atom is 0.223 e. The molecule has 2 unspecified atom stereocenters. The molecule has 0 bridgehead atoms. The molecule has 5 heteroatoms. The standard InChI is InChI=1S/C30H33N3O2/c1-21-11-9-16-28(22(21)2)35-18-10-17-32-27-15-8-7-14-26(27)31-30(32)25-19-29(34)33(20-25)23(3)24-12-5-4-6-13-24/h4-9,11-16,23,25H,10,17-20H2,1-3H3. The van der Waals surface area contributed by atoms with Crippen molar-refractivity contribution >= 4 is 16.9 Å². The van der Waals surface area contributed by atoms with Crippen molar-refractivity contribution < 1.29 is 9.53 Å². The molecular formula is C30H33N3O2. The minimum absolute atomic E-state index is 0.0532. The zero-order valence-corrected chi connectivity index (χ0v) is 20.8. The van der Waals surface area contributed by atoms with Gasteiger partial charge in [0.15, 0.2) is 0 Å². The van der Waals surface area contributed by atoms with Gasteiger partial charge < -0.3 is 14.2 Å². The van der Waals surface area contributed by atoms with Gasteiger partial charge in [-0.25, -0.2) is 4.98 Å². The molecule has 2 heterocycles. The normalized spacial score (nSPS) is 16.7. The highest BCUT2D eigenvalue weighted by molar-refractivity contribution is 5.81. The SMILES string of the molecule is Cc1cccc(OCCCn2c(C3CC(=O)N(C(C)c4ccccc4)C3)nc3ccccc32)c1C. The van der Waals surface area contributed by atoms with Crippen molar-refractivity contribution in [3.8, 4) is 5.75 Å². The molecule has 1 amide bonds. The molecule has 3 aromatic carbocycles. The molecule has 2 atom stereocenters. The summed E-state index contributed by atoms with van der Waals surface area (Å²) in [6.07, 6.45) is 1.37. The number of para-hydroxylation sites is 2. The van der Waals surface area contributed by atoms with Crippen LogP contribution in [0, 0.1) is 13.8 Å². The predicted molar refractivity (Wildman–Crippen MR) is 140 cm³/mol. The van der Waals surface area contributed by atoms with Crippen molar-refractivity contribution in [1.29, 1.82) is 0 Å². The molecule has 5 rings (SSSR count). The number of hydrogen-bond acceptors (Lipinski definition) is 3. The third-order valence-electron chi connectivity index (χ3n) is 7.30. The second kappa shape index (κ2) is 9.95. The quantitative estimate of drug-likeness (QED) is 0.290. The first-order valence-electron chi connectivity index (χ1n) is 12.5. The largest absolute Gasteiger partial charge is 0.493 e. The lowest BCUT2D eigenvalue weighted by molar-refractivity contribution is -0.129. The Labute approximate surface area is 207 Å². The van der Waals surface area contributed by atoms with Crippen molar-refractivity contribution in [3.05, 3.63) is 95.3 Å². The number of imidazole rings is 1. The number of hydrogen-bond donors (Lipinski definition) is 0. The van der Waals surface area contributed by atoms with E-state index in [-0.39, 0.29) is 17.9 Å². The summed E-state index contributed by atoms with van der Waals surface area (Å²) in [6.45, 7) is 8.46. The molecule has 4 aromatic rings. The Balaban J connectivity index is 1.33. The van der Waals surface area contributed by atoms with Crippen LogP contribution in [0.2, 0.25) is 0 Å². The van der Waals surface area contributed by atoms with E-state index in [1.165, 1.54) is 16.7 Å². The number of aryl methyl sites for hydroxylation is 2. The fourth-order valence-electron chi connectivity index (χ4n) is 5.12. The number of aromatic nitrogens is 2. The van der Waals surface area contributed by atoms with Crippen LogP contribution in [-0.4, -0.2) is 33.5 Å². The first kappa shape index (κ1) is 23.2. The highest BCUT2D eigenvalue weighted by Crippen LogP contribution is 2.35. The smallest absolute Gasteiger partial charge is 0.223 e. The average Bonchev–Trinajstić information content (AvgIpc) is 3.44. The molecule has 1 saturated heterocycles. The highest BCUT2D eigenvalue weighted by Gasteiger charge is 2.36. The molecule has 1 fully saturated rings. The van der Waals surface area contributed by atoms with Crippen molar-refractivity contribution in [1.82, 2.24) is 14.5 Å². The number of ether oxygens (including phenoxy) is 1. The Bertz CT molecular complexity index is 1330. The number of fused-ring (bicyclic) bond motifs is 1. The summed E-state index contributed by atoms with van der Waals surface area (Å²) in [7, 11) is 0. The van der Waals surface area contributed by atoms with Crippen LogP contribution in [0.5, 0.6) is 5.75 Å². The van der Waals surface area contributed by atoms with Gasteiger partial charge in [0.25, 0.3) is 0 Å². The number of amides is 1. The van der Waals surface area contributed by atoms with Crippen LogP contribution in [0.4, 0.5) is 0 Å². The van der Waals surface area contributed by atoms with Crippen LogP contribution in [0.3, 0.4) is 0 Å². The van der Waals surface area contributed by atoms with Crippen LogP contribution in [0.25, 0.3) is 11.0 Å². The van der Waals surface area contributed by atoms with Crippen molar-refractivity contribution in [2.45, 2.75) is 52.1 Å². The number of likely N-dealkylation sites (tertiary alicyclic amines) is 1. The summed E-state index contributed by atoms with van der Waals surface area (Å²) in [5.74, 6) is 2.24. The van der Waals surface area contributed by atoms with Crippen molar-refractivity contribution in [3.63, 3.8) is 0 Å². The van der Waals surface area contributed by atoms with Crippen LogP contribution in [0.15, 0.2) is 72.8 Å². The monoisotopic (exact) mass is 467 g/mol. The lowest BCUT2D eigenvalue weighted by Gasteiger charge is -2.25. The summed E-state index contributed by atoms with van der Waals surface area (Å²) >= 11 is 0. The van der Waals surface area contributed by atoms with Gasteiger partial charge in [0.2, 0.25) is 5.91 Å². The second-order valence-electron chi connectivity index (χ2n) is 9.54. The van der Waals surface area contributed by atoms with E-state index >= 15 is 0 Å². The Kier molecular flexibility index (Phi) is 6.58. The third kappa shape index (κ3) is 4.68. The summed E-state index contributed by atoms with van der Waals surface area (Å²) in [6, 6.07) is 24.8. The Morgan fingerprint density at radius 1 is 1.00 bits per heavy atom. The molecule has 0 radical (unpaired) electrons. The second-order valence-corrected chi connectivity index (χ2v) is 9.54. The third-order valence-corrected chi connectivity index (χ3v) is 7.30. The molecule has 180 valence electrons. The minimum Gasteiger partial charge on any atom is -0.493 e. The number of carbonyl (C=O) groups excluding carboxylic acids is 1. The Hall–Kier alpha value is -3.60. The Morgan fingerprint density at radius 3 is 2.60 bits per heavy atom. The first-order chi connectivity index (χ1) is 17.0. The van der Waals surface area contributed by atoms with Gasteiger partial charge in [0.05, 0.1) is 23.7 Å². The molecule has 1 aliphatic rings. The van der Waals surface area contributed by atoms with E-state index in [2.05, 4.69) is 61.7 Å². The lowest BCUT2D eigenvalue weighted by Crippen LogP contribution is -2.28. The topological polar surface area (TPSA) is 47.4 Å². The molecule has 0 aliphatic carbocycles. The lowest BCUT2D eigenvalue weighted by atomic mass is 10.1. The van der Waals surface area contributed by atoms with E-state index in [0.29, 0.717) is 19.6 Å². The van der Waals surface area contributed by atoms with Gasteiger partial charge in [-0.15, -0.1) is 0 Å². The fourth-order valence-corrected chi connectivity index (χ4v) is 5.12. The molecule has 5 nitrogen and oxygen atoms in total. The molecular weight excluding hydrogens is 434 g/mol. The summed E-state index contributed by atoms with van der Waals surface area (Å²) in [5, 5.41) is 0. The van der Waals surface area contributed by atoms with Gasteiger partial charge >= 0.3 is 0 Å². The maximum absolute atomic E-state index is 13.0. The van der Waals surface area contributed by atoms with E-state index in [4.69, 9.17) is 9.72 Å². The van der Waals surface area contributed by atoms with Gasteiger partial charge in [0, 0.05) is 25.4 Å². The van der Waals surface area contributed by atoms with E-state index in [1.807, 2.05) is 41.3 Å². The number of nitrogens with zero attached hydrogens (tertiary/aromatic N) is 3. The molecule has 1 aliphatic heterocycles. The minimum atomic E-state index is 0.0532. The van der Waals surface area contributed by atoms with Crippen LogP contribution >= 0.6 is 0 Å². The Morgan fingerprint density at radius 2 is 1.77 bits per heavy atom. The van der Waals surface area contributed by atoms with E-state index < -0.39 is 0 Å². The molecule has 0 saturated carbocycles. The van der Waals surface area contributed by atoms with Crippen molar-refractivity contribution in [2.24, 2.45) is 0 Å². The molecule has 0 spiro atoms. The van der Waals surface area contributed by atoms with Gasteiger partial charge in [0.1, 0.15) is 11.6 Å². The van der Waals surface area contributed by atoms with Gasteiger partial charge in [-0.1, -0.05) is 54.6 Å². The summed E-state index contributed by atoms with van der Waals surface area (Å²) in [5.41, 5.74) is 5.71. The summed E-state index contributed by atoms with van der Waals surface area (Å²) < 4.78 is 8.41. The van der Waals surface area contributed by atoms with Crippen LogP contribution in [0.1, 0.15) is 54.2 Å². The van der Waals surface area contributed by atoms with E-state index in [0.717, 1.165) is 35.6 Å². The summed E-state index contributed by atoms with van der Waals surface area (Å²) in [4.78, 5) is 20.1.